The Kier molecular flexibility index (Phi) is 6.63. The molecule has 0 radical (unpaired) electrons. The maximum Gasteiger partial charge on any atom is 0.160 e. The van der Waals surface area contributed by atoms with Crippen LogP contribution < -0.4 is 0 Å². The van der Waals surface area contributed by atoms with Crippen molar-refractivity contribution >= 4 is 31.5 Å². The van der Waals surface area contributed by atoms with Crippen LogP contribution in [0.15, 0.2) is 146 Å². The van der Waals surface area contributed by atoms with E-state index in [2.05, 4.69) is 121 Å². The number of hydrogen-bond acceptors (Lipinski definition) is 3. The van der Waals surface area contributed by atoms with Crippen molar-refractivity contribution in [1.82, 2.24) is 9.97 Å². The molecule has 3 heteroatoms. The Bertz CT molecular complexity index is 2470. The Hall–Kier alpha value is -5.38. The molecule has 0 bridgehead atoms. The van der Waals surface area contributed by atoms with Crippen molar-refractivity contribution in [3.8, 4) is 56.2 Å². The molecule has 8 aromatic rings. The van der Waals surface area contributed by atoms with E-state index in [0.29, 0.717) is 0 Å². The van der Waals surface area contributed by atoms with Crippen LogP contribution in [0.5, 0.6) is 0 Å². The molecule has 0 amide bonds. The molecular formula is C46H34N2S. The average molecular weight is 647 g/mol. The molecule has 0 atom stereocenters. The van der Waals surface area contributed by atoms with Crippen LogP contribution in [-0.2, 0) is 5.41 Å². The van der Waals surface area contributed by atoms with Gasteiger partial charge in [0.15, 0.2) is 5.82 Å². The van der Waals surface area contributed by atoms with E-state index in [-0.39, 0.29) is 5.41 Å². The van der Waals surface area contributed by atoms with Gasteiger partial charge in [-0.25, -0.2) is 9.97 Å². The van der Waals surface area contributed by atoms with Gasteiger partial charge in [0.05, 0.1) is 11.4 Å². The van der Waals surface area contributed by atoms with Gasteiger partial charge in [0.1, 0.15) is 0 Å². The zero-order chi connectivity index (χ0) is 32.4. The zero-order valence-corrected chi connectivity index (χ0v) is 28.0. The minimum Gasteiger partial charge on any atom is -0.228 e. The molecular weight excluding hydrogens is 613 g/mol. The highest BCUT2D eigenvalue weighted by molar-refractivity contribution is 7.25. The summed E-state index contributed by atoms with van der Waals surface area (Å²) >= 11 is 1.87. The minimum atomic E-state index is 0.111. The molecule has 6 aromatic carbocycles. The van der Waals surface area contributed by atoms with Gasteiger partial charge in [-0.2, -0.15) is 0 Å². The van der Waals surface area contributed by atoms with E-state index >= 15 is 0 Å². The van der Waals surface area contributed by atoms with Gasteiger partial charge in [0.25, 0.3) is 0 Å². The van der Waals surface area contributed by atoms with Crippen molar-refractivity contribution in [1.29, 1.82) is 0 Å². The van der Waals surface area contributed by atoms with Gasteiger partial charge < -0.3 is 0 Å². The lowest BCUT2D eigenvalue weighted by Gasteiger charge is -2.37. The first-order valence-electron chi connectivity index (χ1n) is 17.5. The molecule has 0 aliphatic heterocycles. The standard InChI is InChI=1S/C46H34N2S/c1-4-13-30(14-5-1)40-29-41(48-45(47-40)31-15-6-2-7-16-31)33-22-24-43-38(28-33)37-27-32(21-23-42(37)49-43)34-18-12-19-36-35-17-8-9-20-39(35)46(44(34)36)25-10-3-11-26-46/h1-2,4-9,12-24,27-29H,3,10-11,25-26H2. The van der Waals surface area contributed by atoms with Crippen molar-refractivity contribution in [2.45, 2.75) is 37.5 Å². The molecule has 10 rings (SSSR count). The first-order valence-corrected chi connectivity index (χ1v) is 18.3. The van der Waals surface area contributed by atoms with Gasteiger partial charge in [0, 0.05) is 42.3 Å². The molecule has 2 aliphatic rings. The average Bonchev–Trinajstić information content (AvgIpc) is 3.68. The van der Waals surface area contributed by atoms with E-state index in [1.165, 1.54) is 74.5 Å². The van der Waals surface area contributed by atoms with Crippen molar-refractivity contribution in [2.75, 3.05) is 0 Å². The predicted molar refractivity (Wildman–Crippen MR) is 206 cm³/mol. The second kappa shape index (κ2) is 11.4. The zero-order valence-electron chi connectivity index (χ0n) is 27.2. The second-order valence-corrected chi connectivity index (χ2v) is 14.7. The molecule has 0 saturated heterocycles. The number of nitrogens with zero attached hydrogens (tertiary/aromatic N) is 2. The van der Waals surface area contributed by atoms with Crippen LogP contribution in [-0.4, -0.2) is 9.97 Å². The molecule has 1 saturated carbocycles. The van der Waals surface area contributed by atoms with Gasteiger partial charge in [-0.15, -0.1) is 11.3 Å². The third kappa shape index (κ3) is 4.60. The molecule has 1 fully saturated rings. The third-order valence-corrected chi connectivity index (χ3v) is 12.0. The highest BCUT2D eigenvalue weighted by Gasteiger charge is 2.45. The van der Waals surface area contributed by atoms with E-state index in [4.69, 9.17) is 9.97 Å². The monoisotopic (exact) mass is 646 g/mol. The number of rotatable bonds is 4. The van der Waals surface area contributed by atoms with Gasteiger partial charge in [-0.1, -0.05) is 135 Å². The lowest BCUT2D eigenvalue weighted by atomic mass is 9.66. The van der Waals surface area contributed by atoms with E-state index < -0.39 is 0 Å². The number of fused-ring (bicyclic) bond motifs is 8. The summed E-state index contributed by atoms with van der Waals surface area (Å²) in [6, 6.07) is 53.1. The van der Waals surface area contributed by atoms with Crippen LogP contribution in [0.1, 0.15) is 43.2 Å². The molecule has 49 heavy (non-hydrogen) atoms. The summed E-state index contributed by atoms with van der Waals surface area (Å²) in [4.78, 5) is 10.2. The van der Waals surface area contributed by atoms with E-state index in [1.54, 1.807) is 11.1 Å². The van der Waals surface area contributed by atoms with Crippen LogP contribution in [0.25, 0.3) is 76.3 Å². The van der Waals surface area contributed by atoms with Crippen LogP contribution in [0, 0.1) is 0 Å². The molecule has 2 aromatic heterocycles. The highest BCUT2D eigenvalue weighted by Crippen LogP contribution is 2.58. The number of benzene rings is 6. The summed E-state index contributed by atoms with van der Waals surface area (Å²) in [7, 11) is 0. The Morgan fingerprint density at radius 2 is 1.04 bits per heavy atom. The van der Waals surface area contributed by atoms with E-state index in [9.17, 15) is 0 Å². The summed E-state index contributed by atoms with van der Waals surface area (Å²) in [6.07, 6.45) is 6.38. The first-order chi connectivity index (χ1) is 24.2. The minimum absolute atomic E-state index is 0.111. The van der Waals surface area contributed by atoms with Crippen molar-refractivity contribution < 1.29 is 0 Å². The van der Waals surface area contributed by atoms with Gasteiger partial charge in [0.2, 0.25) is 0 Å². The largest absolute Gasteiger partial charge is 0.228 e. The lowest BCUT2D eigenvalue weighted by Crippen LogP contribution is -2.28. The third-order valence-electron chi connectivity index (χ3n) is 10.9. The van der Waals surface area contributed by atoms with Gasteiger partial charge in [-0.3, -0.25) is 0 Å². The van der Waals surface area contributed by atoms with E-state index in [1.807, 2.05) is 35.6 Å². The Labute approximate surface area is 290 Å². The number of hydrogen-bond donors (Lipinski definition) is 0. The maximum absolute atomic E-state index is 5.14. The van der Waals surface area contributed by atoms with Crippen molar-refractivity contribution in [3.05, 3.63) is 157 Å². The van der Waals surface area contributed by atoms with Crippen LogP contribution in [0.2, 0.25) is 0 Å². The van der Waals surface area contributed by atoms with E-state index in [0.717, 1.165) is 33.9 Å². The normalized spacial score (nSPS) is 14.7. The molecule has 0 unspecified atom stereocenters. The summed E-state index contributed by atoms with van der Waals surface area (Å²) in [5.41, 5.74) is 13.8. The Morgan fingerprint density at radius 1 is 0.449 bits per heavy atom. The fraction of sp³-hybridized carbons (Fsp3) is 0.130. The van der Waals surface area contributed by atoms with Gasteiger partial charge >= 0.3 is 0 Å². The quantitative estimate of drug-likeness (QED) is 0.190. The molecule has 234 valence electrons. The predicted octanol–water partition coefficient (Wildman–Crippen LogP) is 12.7. The van der Waals surface area contributed by atoms with Crippen molar-refractivity contribution in [3.63, 3.8) is 0 Å². The topological polar surface area (TPSA) is 25.8 Å². The molecule has 2 aliphatic carbocycles. The van der Waals surface area contributed by atoms with Crippen LogP contribution >= 0.6 is 11.3 Å². The Balaban J connectivity index is 1.14. The Morgan fingerprint density at radius 3 is 1.80 bits per heavy atom. The fourth-order valence-corrected chi connectivity index (χ4v) is 9.72. The number of thiophene rings is 1. The molecule has 2 heterocycles. The molecule has 0 N–H and O–H groups in total. The lowest BCUT2D eigenvalue weighted by molar-refractivity contribution is 0.353. The smallest absolute Gasteiger partial charge is 0.160 e. The van der Waals surface area contributed by atoms with Gasteiger partial charge in [-0.05, 0) is 76.6 Å². The summed E-state index contributed by atoms with van der Waals surface area (Å²) < 4.78 is 2.61. The molecule has 1 spiro atoms. The van der Waals surface area contributed by atoms with Crippen LogP contribution in [0.4, 0.5) is 0 Å². The first kappa shape index (κ1) is 28.6. The molecule has 2 nitrogen and oxygen atoms in total. The summed E-state index contributed by atoms with van der Waals surface area (Å²) in [6.45, 7) is 0. The summed E-state index contributed by atoms with van der Waals surface area (Å²) in [5.74, 6) is 0.741. The second-order valence-electron chi connectivity index (χ2n) is 13.6. The van der Waals surface area contributed by atoms with Crippen LogP contribution in [0.3, 0.4) is 0 Å². The summed E-state index contributed by atoms with van der Waals surface area (Å²) in [5, 5.41) is 2.59. The SMILES string of the molecule is c1ccc(-c2cc(-c3ccc4sc5ccc(-c6cccc7c6C6(CCCCC6)c6ccccc6-7)cc5c4c3)nc(-c3ccccc3)n2)cc1. The van der Waals surface area contributed by atoms with Crippen molar-refractivity contribution in [2.24, 2.45) is 0 Å². The number of aromatic nitrogens is 2. The highest BCUT2D eigenvalue weighted by atomic mass is 32.1. The maximum atomic E-state index is 5.14. The fourth-order valence-electron chi connectivity index (χ4n) is 8.65.